The minimum absolute atomic E-state index is 0.0144. The summed E-state index contributed by atoms with van der Waals surface area (Å²) in [6, 6.07) is 10.7. The predicted octanol–water partition coefficient (Wildman–Crippen LogP) is 0.950. The zero-order valence-corrected chi connectivity index (χ0v) is 6.47. The molecule has 0 spiro atoms. The van der Waals surface area contributed by atoms with Gasteiger partial charge >= 0.3 is 0 Å². The predicted molar refractivity (Wildman–Crippen MR) is 43.6 cm³/mol. The molecule has 1 atom stereocenters. The summed E-state index contributed by atoms with van der Waals surface area (Å²) in [7, 11) is 0. The molecule has 1 aromatic carbocycles. The number of benzene rings is 1. The normalized spacial score (nSPS) is 11.7. The Morgan fingerprint density at radius 1 is 1.42 bits per heavy atom. The number of rotatable bonds is 3. The fourth-order valence-corrected chi connectivity index (χ4v) is 0.729. The maximum Gasteiger partial charge on any atom is 0.174 e. The molecule has 0 aliphatic rings. The second-order valence-electron chi connectivity index (χ2n) is 2.27. The minimum atomic E-state index is -1.05. The van der Waals surface area contributed by atoms with E-state index in [9.17, 15) is 0 Å². The molecule has 3 nitrogen and oxygen atoms in total. The quantitative estimate of drug-likeness (QED) is 0.675. The van der Waals surface area contributed by atoms with Crippen molar-refractivity contribution in [3.05, 3.63) is 30.3 Å². The maximum atomic E-state index is 8.83. The van der Waals surface area contributed by atoms with E-state index in [0.29, 0.717) is 5.75 Å². The van der Waals surface area contributed by atoms with E-state index in [1.165, 1.54) is 0 Å². The Morgan fingerprint density at radius 3 is 2.67 bits per heavy atom. The number of hydrogen-bond donors (Lipinski definition) is 1. The summed E-state index contributed by atoms with van der Waals surface area (Å²) in [4.78, 5) is 0. The summed E-state index contributed by atoms with van der Waals surface area (Å²) in [6.45, 7) is 0.0144. The first-order valence-corrected chi connectivity index (χ1v) is 3.58. The molecule has 0 bridgehead atoms. The van der Waals surface area contributed by atoms with Gasteiger partial charge in [-0.05, 0) is 12.1 Å². The molecule has 0 aliphatic heterocycles. The van der Waals surface area contributed by atoms with Gasteiger partial charge in [-0.15, -0.1) is 0 Å². The van der Waals surface area contributed by atoms with Crippen molar-refractivity contribution in [3.63, 3.8) is 0 Å². The van der Waals surface area contributed by atoms with Crippen molar-refractivity contribution in [1.82, 2.24) is 0 Å². The van der Waals surface area contributed by atoms with Crippen LogP contribution in [0.5, 0.6) is 5.75 Å². The molecule has 62 valence electrons. The fraction of sp³-hybridized carbons (Fsp3) is 0.222. The molecular formula is C9H9NO2. The average molecular weight is 163 g/mol. The van der Waals surface area contributed by atoms with Gasteiger partial charge in [0.15, 0.2) is 6.10 Å². The van der Waals surface area contributed by atoms with Crippen LogP contribution in [0.3, 0.4) is 0 Å². The molecule has 3 heteroatoms. The summed E-state index contributed by atoms with van der Waals surface area (Å²) in [6.07, 6.45) is -1.05. The molecule has 0 aliphatic carbocycles. The van der Waals surface area contributed by atoms with Gasteiger partial charge in [-0.25, -0.2) is 0 Å². The number of aliphatic hydroxyl groups excluding tert-OH is 1. The first-order valence-electron chi connectivity index (χ1n) is 3.58. The Kier molecular flexibility index (Phi) is 3.12. The molecule has 0 amide bonds. The lowest BCUT2D eigenvalue weighted by atomic mass is 10.3. The monoisotopic (exact) mass is 163 g/mol. The lowest BCUT2D eigenvalue weighted by molar-refractivity contribution is 0.150. The molecule has 0 radical (unpaired) electrons. The summed E-state index contributed by atoms with van der Waals surface area (Å²) >= 11 is 0. The highest BCUT2D eigenvalue weighted by Gasteiger charge is 2.00. The lowest BCUT2D eigenvalue weighted by Gasteiger charge is -2.05. The van der Waals surface area contributed by atoms with Crippen molar-refractivity contribution in [2.24, 2.45) is 0 Å². The van der Waals surface area contributed by atoms with E-state index in [4.69, 9.17) is 15.1 Å². The van der Waals surface area contributed by atoms with Crippen molar-refractivity contribution >= 4 is 0 Å². The van der Waals surface area contributed by atoms with Crippen LogP contribution in [0.4, 0.5) is 0 Å². The molecule has 0 saturated carbocycles. The third kappa shape index (κ3) is 2.60. The van der Waals surface area contributed by atoms with Crippen molar-refractivity contribution in [3.8, 4) is 11.8 Å². The fourth-order valence-electron chi connectivity index (χ4n) is 0.729. The zero-order valence-electron chi connectivity index (χ0n) is 6.47. The lowest BCUT2D eigenvalue weighted by Crippen LogP contribution is -2.14. The third-order valence-corrected chi connectivity index (χ3v) is 1.30. The Morgan fingerprint density at radius 2 is 2.08 bits per heavy atom. The molecule has 0 heterocycles. The molecule has 0 saturated heterocycles. The third-order valence-electron chi connectivity index (χ3n) is 1.30. The first-order chi connectivity index (χ1) is 5.83. The van der Waals surface area contributed by atoms with Crippen LogP contribution in [-0.4, -0.2) is 17.8 Å². The van der Waals surface area contributed by atoms with Crippen molar-refractivity contribution in [2.75, 3.05) is 6.61 Å². The van der Waals surface area contributed by atoms with Crippen molar-refractivity contribution in [1.29, 1.82) is 5.26 Å². The summed E-state index contributed by atoms with van der Waals surface area (Å²) < 4.78 is 5.09. The van der Waals surface area contributed by atoms with Crippen LogP contribution in [-0.2, 0) is 0 Å². The Balaban J connectivity index is 2.40. The molecule has 1 unspecified atom stereocenters. The van der Waals surface area contributed by atoms with Crippen LogP contribution in [0.25, 0.3) is 0 Å². The van der Waals surface area contributed by atoms with Gasteiger partial charge in [0.1, 0.15) is 12.4 Å². The Hall–Kier alpha value is -1.53. The topological polar surface area (TPSA) is 53.2 Å². The van der Waals surface area contributed by atoms with E-state index in [0.717, 1.165) is 0 Å². The molecule has 0 aromatic heterocycles. The number of hydrogen-bond acceptors (Lipinski definition) is 3. The van der Waals surface area contributed by atoms with Gasteiger partial charge in [0.05, 0.1) is 6.07 Å². The number of para-hydroxylation sites is 1. The van der Waals surface area contributed by atoms with E-state index >= 15 is 0 Å². The highest BCUT2D eigenvalue weighted by Crippen LogP contribution is 2.07. The van der Waals surface area contributed by atoms with E-state index in [-0.39, 0.29) is 6.61 Å². The van der Waals surface area contributed by atoms with Gasteiger partial charge in [-0.1, -0.05) is 18.2 Å². The van der Waals surface area contributed by atoms with Crippen LogP contribution in [0.15, 0.2) is 30.3 Å². The molecule has 1 rings (SSSR count). The van der Waals surface area contributed by atoms with Crippen molar-refractivity contribution in [2.45, 2.75) is 6.10 Å². The van der Waals surface area contributed by atoms with Gasteiger partial charge in [-0.3, -0.25) is 0 Å². The largest absolute Gasteiger partial charge is 0.490 e. The number of aliphatic hydroxyl groups is 1. The van der Waals surface area contributed by atoms with Gasteiger partial charge in [0.2, 0.25) is 0 Å². The van der Waals surface area contributed by atoms with Crippen LogP contribution in [0, 0.1) is 11.3 Å². The number of ether oxygens (including phenoxy) is 1. The summed E-state index contributed by atoms with van der Waals surface area (Å²) in [5.74, 6) is 0.659. The van der Waals surface area contributed by atoms with Crippen LogP contribution in [0.1, 0.15) is 0 Å². The molecule has 0 fully saturated rings. The van der Waals surface area contributed by atoms with E-state index < -0.39 is 6.10 Å². The first kappa shape index (κ1) is 8.57. The van der Waals surface area contributed by atoms with E-state index in [1.807, 2.05) is 18.2 Å². The van der Waals surface area contributed by atoms with Crippen LogP contribution >= 0.6 is 0 Å². The van der Waals surface area contributed by atoms with Gasteiger partial charge < -0.3 is 9.84 Å². The number of nitriles is 1. The van der Waals surface area contributed by atoms with Crippen molar-refractivity contribution < 1.29 is 9.84 Å². The second kappa shape index (κ2) is 4.37. The van der Waals surface area contributed by atoms with E-state index in [2.05, 4.69) is 0 Å². The van der Waals surface area contributed by atoms with Crippen LogP contribution in [0.2, 0.25) is 0 Å². The Labute approximate surface area is 70.8 Å². The molecule has 12 heavy (non-hydrogen) atoms. The van der Waals surface area contributed by atoms with E-state index in [1.54, 1.807) is 18.2 Å². The summed E-state index contributed by atoms with van der Waals surface area (Å²) in [5.41, 5.74) is 0. The smallest absolute Gasteiger partial charge is 0.174 e. The SMILES string of the molecule is N#CC(O)COc1ccccc1. The minimum Gasteiger partial charge on any atom is -0.490 e. The molecule has 1 aromatic rings. The number of nitrogens with zero attached hydrogens (tertiary/aromatic N) is 1. The molecule has 1 N–H and O–H groups in total. The second-order valence-corrected chi connectivity index (χ2v) is 2.27. The highest BCUT2D eigenvalue weighted by molar-refractivity contribution is 5.21. The van der Waals surface area contributed by atoms with Gasteiger partial charge in [-0.2, -0.15) is 5.26 Å². The van der Waals surface area contributed by atoms with Crippen LogP contribution < -0.4 is 4.74 Å². The highest BCUT2D eigenvalue weighted by atomic mass is 16.5. The molecular weight excluding hydrogens is 154 g/mol. The zero-order chi connectivity index (χ0) is 8.81. The van der Waals surface area contributed by atoms with Gasteiger partial charge in [0, 0.05) is 0 Å². The Bertz CT molecular complexity index is 266. The standard InChI is InChI=1S/C9H9NO2/c10-6-8(11)7-12-9-4-2-1-3-5-9/h1-5,8,11H,7H2. The maximum absolute atomic E-state index is 8.83. The average Bonchev–Trinajstić information content (AvgIpc) is 2.16. The van der Waals surface area contributed by atoms with Gasteiger partial charge in [0.25, 0.3) is 0 Å². The summed E-state index contributed by atoms with van der Waals surface area (Å²) in [5, 5.41) is 17.1.